The predicted octanol–water partition coefficient (Wildman–Crippen LogP) is 2.34. The van der Waals surface area contributed by atoms with Crippen molar-refractivity contribution < 1.29 is 4.74 Å². The van der Waals surface area contributed by atoms with Crippen LogP contribution in [0.2, 0.25) is 0 Å². The summed E-state index contributed by atoms with van der Waals surface area (Å²) in [5.74, 6) is 0. The van der Waals surface area contributed by atoms with Crippen molar-refractivity contribution in [3.8, 4) is 0 Å². The van der Waals surface area contributed by atoms with E-state index in [0.29, 0.717) is 12.1 Å². The van der Waals surface area contributed by atoms with Crippen LogP contribution in [0.3, 0.4) is 0 Å². The lowest BCUT2D eigenvalue weighted by Crippen LogP contribution is -2.49. The quantitative estimate of drug-likeness (QED) is 0.773. The van der Waals surface area contributed by atoms with E-state index in [0.717, 1.165) is 26.2 Å². The van der Waals surface area contributed by atoms with E-state index in [-0.39, 0.29) is 0 Å². The molecule has 88 valence electrons. The van der Waals surface area contributed by atoms with Gasteiger partial charge in [0.25, 0.3) is 0 Å². The van der Waals surface area contributed by atoms with Gasteiger partial charge in [-0.25, -0.2) is 0 Å². The third-order valence-electron chi connectivity index (χ3n) is 3.25. The fourth-order valence-electron chi connectivity index (χ4n) is 2.41. The van der Waals surface area contributed by atoms with Gasteiger partial charge < -0.3 is 4.74 Å². The average Bonchev–Trinajstić information content (AvgIpc) is 2.31. The Morgan fingerprint density at radius 2 is 2.06 bits per heavy atom. The molecule has 2 nitrogen and oxygen atoms in total. The third kappa shape index (κ3) is 2.83. The molecule has 1 aliphatic rings. The highest BCUT2D eigenvalue weighted by Gasteiger charge is 2.24. The van der Waals surface area contributed by atoms with E-state index < -0.39 is 0 Å². The van der Waals surface area contributed by atoms with Crippen LogP contribution < -0.4 is 0 Å². The van der Waals surface area contributed by atoms with Gasteiger partial charge in [0, 0.05) is 18.6 Å². The lowest BCUT2D eigenvalue weighted by molar-refractivity contribution is -0.0217. The first-order valence-electron chi connectivity index (χ1n) is 6.15. The summed E-state index contributed by atoms with van der Waals surface area (Å²) in [4.78, 5) is 2.55. The van der Waals surface area contributed by atoms with Gasteiger partial charge in [-0.15, -0.1) is 0 Å². The van der Waals surface area contributed by atoms with Gasteiger partial charge in [0.2, 0.25) is 0 Å². The first-order chi connectivity index (χ1) is 7.77. The molecule has 0 N–H and O–H groups in total. The number of hydrogen-bond donors (Lipinski definition) is 0. The summed E-state index contributed by atoms with van der Waals surface area (Å²) in [6, 6.07) is 11.8. The third-order valence-corrected chi connectivity index (χ3v) is 3.25. The highest BCUT2D eigenvalue weighted by atomic mass is 16.5. The van der Waals surface area contributed by atoms with Crippen molar-refractivity contribution in [2.45, 2.75) is 32.4 Å². The maximum absolute atomic E-state index is 5.59. The van der Waals surface area contributed by atoms with E-state index in [1.165, 1.54) is 5.56 Å². The maximum Gasteiger partial charge on any atom is 0.0625 e. The van der Waals surface area contributed by atoms with Gasteiger partial charge in [-0.2, -0.15) is 0 Å². The lowest BCUT2D eigenvalue weighted by Gasteiger charge is -2.38. The SMILES string of the molecule is CC(C)N1CCOCC1Cc1ccccc1. The summed E-state index contributed by atoms with van der Waals surface area (Å²) in [5, 5.41) is 0. The van der Waals surface area contributed by atoms with Crippen molar-refractivity contribution in [2.24, 2.45) is 0 Å². The molecule has 1 fully saturated rings. The molecule has 1 saturated heterocycles. The molecule has 0 saturated carbocycles. The first kappa shape index (κ1) is 11.6. The van der Waals surface area contributed by atoms with E-state index in [1.54, 1.807) is 0 Å². The van der Waals surface area contributed by atoms with E-state index in [1.807, 2.05) is 0 Å². The zero-order valence-corrected chi connectivity index (χ0v) is 10.2. The fourth-order valence-corrected chi connectivity index (χ4v) is 2.41. The fraction of sp³-hybridized carbons (Fsp3) is 0.571. The molecule has 1 atom stereocenters. The van der Waals surface area contributed by atoms with Crippen molar-refractivity contribution in [3.63, 3.8) is 0 Å². The summed E-state index contributed by atoms with van der Waals surface area (Å²) in [6.07, 6.45) is 1.10. The van der Waals surface area contributed by atoms with E-state index in [9.17, 15) is 0 Å². The zero-order chi connectivity index (χ0) is 11.4. The maximum atomic E-state index is 5.59. The van der Waals surface area contributed by atoms with Crippen LogP contribution in [0, 0.1) is 0 Å². The minimum atomic E-state index is 0.538. The topological polar surface area (TPSA) is 12.5 Å². The molecule has 1 aliphatic heterocycles. The van der Waals surface area contributed by atoms with Gasteiger partial charge in [0.15, 0.2) is 0 Å². The Morgan fingerprint density at radius 1 is 1.31 bits per heavy atom. The number of hydrogen-bond acceptors (Lipinski definition) is 2. The molecule has 1 heterocycles. The van der Waals surface area contributed by atoms with Gasteiger partial charge in [-0.1, -0.05) is 30.3 Å². The van der Waals surface area contributed by atoms with Crippen molar-refractivity contribution in [1.29, 1.82) is 0 Å². The molecule has 1 aromatic carbocycles. The van der Waals surface area contributed by atoms with Crippen LogP contribution in [0.1, 0.15) is 19.4 Å². The number of nitrogens with zero attached hydrogens (tertiary/aromatic N) is 1. The molecular weight excluding hydrogens is 198 g/mol. The van der Waals surface area contributed by atoms with Crippen LogP contribution in [0.25, 0.3) is 0 Å². The Labute approximate surface area is 98.2 Å². The Morgan fingerprint density at radius 3 is 2.75 bits per heavy atom. The molecule has 0 bridgehead atoms. The van der Waals surface area contributed by atoms with Crippen LogP contribution in [0.5, 0.6) is 0 Å². The smallest absolute Gasteiger partial charge is 0.0625 e. The normalized spacial score (nSPS) is 22.6. The number of ether oxygens (including phenoxy) is 1. The van der Waals surface area contributed by atoms with Gasteiger partial charge in [-0.05, 0) is 25.8 Å². The number of benzene rings is 1. The molecular formula is C14H21NO. The molecule has 2 heteroatoms. The van der Waals surface area contributed by atoms with E-state index >= 15 is 0 Å². The molecule has 2 rings (SSSR count). The first-order valence-corrected chi connectivity index (χ1v) is 6.15. The van der Waals surface area contributed by atoms with Crippen LogP contribution in [0.15, 0.2) is 30.3 Å². The van der Waals surface area contributed by atoms with E-state index in [4.69, 9.17) is 4.74 Å². The Kier molecular flexibility index (Phi) is 3.97. The number of morpholine rings is 1. The standard InChI is InChI=1S/C14H21NO/c1-12(2)15-8-9-16-11-14(15)10-13-6-4-3-5-7-13/h3-7,12,14H,8-11H2,1-2H3. The summed E-state index contributed by atoms with van der Waals surface area (Å²) < 4.78 is 5.59. The highest BCUT2D eigenvalue weighted by molar-refractivity contribution is 5.16. The second-order valence-electron chi connectivity index (χ2n) is 4.75. The van der Waals surface area contributed by atoms with Gasteiger partial charge >= 0.3 is 0 Å². The number of rotatable bonds is 3. The van der Waals surface area contributed by atoms with Crippen LogP contribution >= 0.6 is 0 Å². The minimum Gasteiger partial charge on any atom is -0.378 e. The van der Waals surface area contributed by atoms with Gasteiger partial charge in [-0.3, -0.25) is 4.90 Å². The van der Waals surface area contributed by atoms with Gasteiger partial charge in [0.05, 0.1) is 13.2 Å². The van der Waals surface area contributed by atoms with Crippen LogP contribution in [0.4, 0.5) is 0 Å². The molecule has 0 aromatic heterocycles. The molecule has 1 unspecified atom stereocenters. The van der Waals surface area contributed by atoms with Crippen LogP contribution in [-0.4, -0.2) is 36.7 Å². The van der Waals surface area contributed by atoms with Crippen LogP contribution in [-0.2, 0) is 11.2 Å². The Balaban J connectivity index is 2.01. The summed E-state index contributed by atoms with van der Waals surface area (Å²) in [6.45, 7) is 7.35. The molecule has 1 aromatic rings. The largest absolute Gasteiger partial charge is 0.378 e. The molecule has 0 aliphatic carbocycles. The second kappa shape index (κ2) is 5.46. The molecule has 0 amide bonds. The Hall–Kier alpha value is -0.860. The van der Waals surface area contributed by atoms with Crippen molar-refractivity contribution in [1.82, 2.24) is 4.90 Å². The minimum absolute atomic E-state index is 0.538. The second-order valence-corrected chi connectivity index (χ2v) is 4.75. The van der Waals surface area contributed by atoms with Crippen molar-refractivity contribution >= 4 is 0 Å². The monoisotopic (exact) mass is 219 g/mol. The Bertz CT molecular complexity index is 310. The predicted molar refractivity (Wildman–Crippen MR) is 66.6 cm³/mol. The summed E-state index contributed by atoms with van der Waals surface area (Å²) in [7, 11) is 0. The molecule has 16 heavy (non-hydrogen) atoms. The summed E-state index contributed by atoms with van der Waals surface area (Å²) >= 11 is 0. The highest BCUT2D eigenvalue weighted by Crippen LogP contribution is 2.15. The average molecular weight is 219 g/mol. The lowest BCUT2D eigenvalue weighted by atomic mass is 10.0. The van der Waals surface area contributed by atoms with Crippen molar-refractivity contribution in [3.05, 3.63) is 35.9 Å². The molecule has 0 spiro atoms. The summed E-state index contributed by atoms with van der Waals surface area (Å²) in [5.41, 5.74) is 1.41. The van der Waals surface area contributed by atoms with Gasteiger partial charge in [0.1, 0.15) is 0 Å². The zero-order valence-electron chi connectivity index (χ0n) is 10.2. The van der Waals surface area contributed by atoms with E-state index in [2.05, 4.69) is 49.1 Å². The molecule has 0 radical (unpaired) electrons. The van der Waals surface area contributed by atoms with Crippen molar-refractivity contribution in [2.75, 3.05) is 19.8 Å².